The Morgan fingerprint density at radius 2 is 2.21 bits per heavy atom. The van der Waals surface area contributed by atoms with E-state index in [1.165, 1.54) is 0 Å². The number of carbonyl (C=O) groups is 2. The summed E-state index contributed by atoms with van der Waals surface area (Å²) >= 11 is 0. The normalized spacial score (nSPS) is 22.0. The van der Waals surface area contributed by atoms with E-state index in [4.69, 9.17) is 5.73 Å². The van der Waals surface area contributed by atoms with Gasteiger partial charge in [-0.15, -0.1) is 0 Å². The molecule has 2 aliphatic heterocycles. The predicted octanol–water partition coefficient (Wildman–Crippen LogP) is 0.684. The van der Waals surface area contributed by atoms with Crippen molar-refractivity contribution in [3.05, 3.63) is 23.8 Å². The molecule has 0 spiro atoms. The van der Waals surface area contributed by atoms with E-state index in [1.807, 2.05) is 18.2 Å². The molecular formula is C14H17N3O2. The highest BCUT2D eigenvalue weighted by Crippen LogP contribution is 2.35. The van der Waals surface area contributed by atoms with Crippen molar-refractivity contribution in [2.24, 2.45) is 5.92 Å². The standard InChI is InChI=1S/C14H17N3O2/c15-11-3-1-2-9-6-7-17(13(9)11)14(19)10-4-5-12(18)16-8-10/h1-3,10H,4-8,15H2,(H,16,18). The van der Waals surface area contributed by atoms with Gasteiger partial charge in [-0.3, -0.25) is 9.59 Å². The van der Waals surface area contributed by atoms with Crippen LogP contribution in [-0.4, -0.2) is 24.9 Å². The maximum Gasteiger partial charge on any atom is 0.231 e. The van der Waals surface area contributed by atoms with Gasteiger partial charge in [-0.25, -0.2) is 0 Å². The Bertz CT molecular complexity index is 531. The number of para-hydroxylation sites is 1. The highest BCUT2D eigenvalue weighted by Gasteiger charge is 2.33. The van der Waals surface area contributed by atoms with Crippen LogP contribution in [0.5, 0.6) is 0 Å². The number of hydrogen-bond donors (Lipinski definition) is 2. The monoisotopic (exact) mass is 259 g/mol. The van der Waals surface area contributed by atoms with Crippen LogP contribution < -0.4 is 16.0 Å². The van der Waals surface area contributed by atoms with Crippen LogP contribution in [0.25, 0.3) is 0 Å². The summed E-state index contributed by atoms with van der Waals surface area (Å²) in [6, 6.07) is 5.76. The number of piperidine rings is 1. The van der Waals surface area contributed by atoms with E-state index in [9.17, 15) is 9.59 Å². The zero-order chi connectivity index (χ0) is 13.4. The number of hydrogen-bond acceptors (Lipinski definition) is 3. The summed E-state index contributed by atoms with van der Waals surface area (Å²) in [5.41, 5.74) is 8.64. The highest BCUT2D eigenvalue weighted by atomic mass is 16.2. The van der Waals surface area contributed by atoms with Crippen LogP contribution in [0.2, 0.25) is 0 Å². The second-order valence-corrected chi connectivity index (χ2v) is 5.13. The largest absolute Gasteiger partial charge is 0.397 e. The van der Waals surface area contributed by atoms with Gasteiger partial charge in [-0.2, -0.15) is 0 Å². The number of rotatable bonds is 1. The Kier molecular flexibility index (Phi) is 2.89. The molecule has 0 saturated carbocycles. The van der Waals surface area contributed by atoms with Crippen molar-refractivity contribution in [3.63, 3.8) is 0 Å². The first kappa shape index (κ1) is 12.0. The number of nitrogens with zero attached hydrogens (tertiary/aromatic N) is 1. The molecule has 100 valence electrons. The number of nitrogen functional groups attached to an aromatic ring is 1. The van der Waals surface area contributed by atoms with E-state index in [-0.39, 0.29) is 17.7 Å². The molecule has 1 saturated heterocycles. The van der Waals surface area contributed by atoms with Crippen molar-refractivity contribution in [1.29, 1.82) is 0 Å². The number of nitrogens with two attached hydrogens (primary N) is 1. The second kappa shape index (κ2) is 4.57. The SMILES string of the molecule is Nc1cccc2c1N(C(=O)C1CCC(=O)NC1)CC2. The average Bonchev–Trinajstić information content (AvgIpc) is 2.84. The molecule has 3 rings (SSSR count). The van der Waals surface area contributed by atoms with Gasteiger partial charge in [-0.05, 0) is 24.5 Å². The van der Waals surface area contributed by atoms with Crippen LogP contribution in [0.1, 0.15) is 18.4 Å². The lowest BCUT2D eigenvalue weighted by Gasteiger charge is -2.27. The van der Waals surface area contributed by atoms with Crippen LogP contribution in [0.3, 0.4) is 0 Å². The summed E-state index contributed by atoms with van der Waals surface area (Å²) in [6.07, 6.45) is 1.91. The lowest BCUT2D eigenvalue weighted by atomic mass is 9.97. The third kappa shape index (κ3) is 2.05. The molecule has 0 aliphatic carbocycles. The lowest BCUT2D eigenvalue weighted by Crippen LogP contribution is -2.44. The van der Waals surface area contributed by atoms with E-state index < -0.39 is 0 Å². The fourth-order valence-corrected chi connectivity index (χ4v) is 2.87. The molecule has 1 aromatic carbocycles. The molecule has 5 heteroatoms. The van der Waals surface area contributed by atoms with Gasteiger partial charge in [0.1, 0.15) is 0 Å². The zero-order valence-corrected chi connectivity index (χ0v) is 10.7. The topological polar surface area (TPSA) is 75.4 Å². The van der Waals surface area contributed by atoms with Gasteiger partial charge < -0.3 is 16.0 Å². The average molecular weight is 259 g/mol. The van der Waals surface area contributed by atoms with Gasteiger partial charge in [0.2, 0.25) is 11.8 Å². The summed E-state index contributed by atoms with van der Waals surface area (Å²) in [6.45, 7) is 1.13. The molecular weight excluding hydrogens is 242 g/mol. The van der Waals surface area contributed by atoms with Crippen LogP contribution in [0.4, 0.5) is 11.4 Å². The van der Waals surface area contributed by atoms with E-state index in [1.54, 1.807) is 4.90 Å². The van der Waals surface area contributed by atoms with Gasteiger partial charge in [0.05, 0.1) is 17.3 Å². The molecule has 3 N–H and O–H groups in total. The fraction of sp³-hybridized carbons (Fsp3) is 0.429. The van der Waals surface area contributed by atoms with Crippen molar-refractivity contribution < 1.29 is 9.59 Å². The first-order valence-corrected chi connectivity index (χ1v) is 6.62. The van der Waals surface area contributed by atoms with Crippen molar-refractivity contribution in [2.45, 2.75) is 19.3 Å². The molecule has 1 atom stereocenters. The van der Waals surface area contributed by atoms with Crippen LogP contribution in [-0.2, 0) is 16.0 Å². The second-order valence-electron chi connectivity index (χ2n) is 5.13. The summed E-state index contributed by atoms with van der Waals surface area (Å²) < 4.78 is 0. The molecule has 0 aromatic heterocycles. The molecule has 1 unspecified atom stereocenters. The third-order valence-electron chi connectivity index (χ3n) is 3.91. The van der Waals surface area contributed by atoms with Gasteiger partial charge >= 0.3 is 0 Å². The predicted molar refractivity (Wildman–Crippen MR) is 72.6 cm³/mol. The molecule has 0 radical (unpaired) electrons. The Labute approximate surface area is 111 Å². The molecule has 1 aromatic rings. The first-order chi connectivity index (χ1) is 9.16. The number of nitrogens with one attached hydrogen (secondary N) is 1. The molecule has 2 amide bonds. The Morgan fingerprint density at radius 1 is 1.37 bits per heavy atom. The number of amides is 2. The Morgan fingerprint density at radius 3 is 2.95 bits per heavy atom. The van der Waals surface area contributed by atoms with Crippen molar-refractivity contribution in [3.8, 4) is 0 Å². The number of anilines is 2. The lowest BCUT2D eigenvalue weighted by molar-refractivity contribution is -0.127. The van der Waals surface area contributed by atoms with Crippen LogP contribution in [0.15, 0.2) is 18.2 Å². The van der Waals surface area contributed by atoms with Crippen molar-refractivity contribution in [2.75, 3.05) is 23.7 Å². The number of benzene rings is 1. The fourth-order valence-electron chi connectivity index (χ4n) is 2.87. The van der Waals surface area contributed by atoms with Crippen molar-refractivity contribution >= 4 is 23.2 Å². The van der Waals surface area contributed by atoms with Gasteiger partial charge in [0, 0.05) is 19.5 Å². The van der Waals surface area contributed by atoms with Gasteiger partial charge in [-0.1, -0.05) is 12.1 Å². The number of fused-ring (bicyclic) bond motifs is 1. The first-order valence-electron chi connectivity index (χ1n) is 6.62. The summed E-state index contributed by atoms with van der Waals surface area (Å²) in [7, 11) is 0. The minimum Gasteiger partial charge on any atom is -0.397 e. The molecule has 0 bridgehead atoms. The highest BCUT2D eigenvalue weighted by molar-refractivity contribution is 6.00. The Hall–Kier alpha value is -2.04. The van der Waals surface area contributed by atoms with Crippen molar-refractivity contribution in [1.82, 2.24) is 5.32 Å². The van der Waals surface area contributed by atoms with Gasteiger partial charge in [0.15, 0.2) is 0 Å². The third-order valence-corrected chi connectivity index (χ3v) is 3.91. The molecule has 2 heterocycles. The van der Waals surface area contributed by atoms with E-state index in [0.717, 1.165) is 17.7 Å². The minimum absolute atomic E-state index is 0.0328. The molecule has 1 fully saturated rings. The summed E-state index contributed by atoms with van der Waals surface area (Å²) in [5, 5.41) is 2.76. The van der Waals surface area contributed by atoms with Gasteiger partial charge in [0.25, 0.3) is 0 Å². The zero-order valence-electron chi connectivity index (χ0n) is 10.7. The smallest absolute Gasteiger partial charge is 0.231 e. The quantitative estimate of drug-likeness (QED) is 0.728. The summed E-state index contributed by atoms with van der Waals surface area (Å²) in [4.78, 5) is 25.5. The van der Waals surface area contributed by atoms with E-state index in [0.29, 0.717) is 31.6 Å². The maximum absolute atomic E-state index is 12.5. The molecule has 19 heavy (non-hydrogen) atoms. The van der Waals surface area contributed by atoms with E-state index in [2.05, 4.69) is 5.32 Å². The number of carbonyl (C=O) groups excluding carboxylic acids is 2. The maximum atomic E-state index is 12.5. The van der Waals surface area contributed by atoms with E-state index >= 15 is 0 Å². The van der Waals surface area contributed by atoms with Crippen LogP contribution in [0, 0.1) is 5.92 Å². The minimum atomic E-state index is -0.122. The van der Waals surface area contributed by atoms with Crippen LogP contribution >= 0.6 is 0 Å². The molecule has 5 nitrogen and oxygen atoms in total. The molecule has 2 aliphatic rings. The Balaban J connectivity index is 1.82. The summed E-state index contributed by atoms with van der Waals surface area (Å²) in [5.74, 6) is -0.00899.